The van der Waals surface area contributed by atoms with Gasteiger partial charge in [0.25, 0.3) is 0 Å². The monoisotopic (exact) mass is 598 g/mol. The molecule has 0 aliphatic rings. The van der Waals surface area contributed by atoms with Gasteiger partial charge in [-0.25, -0.2) is 19.2 Å². The molecule has 3 rings (SSSR count). The predicted molar refractivity (Wildman–Crippen MR) is 162 cm³/mol. The van der Waals surface area contributed by atoms with Crippen molar-refractivity contribution in [2.75, 3.05) is 0 Å². The number of furan rings is 1. The molecule has 0 fully saturated rings. The van der Waals surface area contributed by atoms with Crippen LogP contribution in [0.4, 0.5) is 0 Å². The van der Waals surface area contributed by atoms with Crippen molar-refractivity contribution in [1.29, 1.82) is 0 Å². The molecule has 44 heavy (non-hydrogen) atoms. The van der Waals surface area contributed by atoms with Crippen LogP contribution < -0.4 is 18.9 Å². The van der Waals surface area contributed by atoms with Crippen molar-refractivity contribution in [2.45, 2.75) is 27.7 Å². The summed E-state index contributed by atoms with van der Waals surface area (Å²) in [5.74, 6) is -1.46. The van der Waals surface area contributed by atoms with E-state index in [1.807, 2.05) is 0 Å². The van der Waals surface area contributed by atoms with Crippen molar-refractivity contribution in [3.05, 3.63) is 110 Å². The number of hydrogen-bond acceptors (Lipinski definition) is 10. The van der Waals surface area contributed by atoms with Gasteiger partial charge in [0.1, 0.15) is 47.0 Å². The third-order valence-corrected chi connectivity index (χ3v) is 5.40. The molecule has 0 aliphatic carbocycles. The van der Waals surface area contributed by atoms with E-state index in [-0.39, 0.29) is 45.3 Å². The quantitative estimate of drug-likeness (QED) is 0.0928. The first-order chi connectivity index (χ1) is 20.7. The lowest BCUT2D eigenvalue weighted by molar-refractivity contribution is -0.134. The van der Waals surface area contributed by atoms with Crippen LogP contribution in [-0.4, -0.2) is 23.9 Å². The van der Waals surface area contributed by atoms with E-state index in [0.29, 0.717) is 22.6 Å². The van der Waals surface area contributed by atoms with E-state index in [9.17, 15) is 19.2 Å². The average molecular weight is 599 g/mol. The minimum Gasteiger partial charge on any atom is -0.462 e. The fourth-order valence-electron chi connectivity index (χ4n) is 3.20. The Kier molecular flexibility index (Phi) is 10.6. The predicted octanol–water partition coefficient (Wildman–Crippen LogP) is 7.03. The van der Waals surface area contributed by atoms with Crippen molar-refractivity contribution < 1.29 is 47.3 Å². The summed E-state index contributed by atoms with van der Waals surface area (Å²) in [6, 6.07) is 12.3. The standard InChI is InChI=1S/C34H30O10/c1-19(2)31(35)40-12-11-39-25-13-23(14-26(17-25)41-32(36)20(3)4)29-9-10-30(44-29)24-15-27(42-33(37)21(5)6)18-28(16-24)43-34(38)22(7)8/h9-18H,1,3,5,7H2,2,4,6,8H3/b12-11-. The second-order valence-electron chi connectivity index (χ2n) is 9.64. The Balaban J connectivity index is 2.00. The summed E-state index contributed by atoms with van der Waals surface area (Å²) >= 11 is 0. The molecule has 0 radical (unpaired) electrons. The van der Waals surface area contributed by atoms with E-state index >= 15 is 0 Å². The van der Waals surface area contributed by atoms with Gasteiger partial charge < -0.3 is 28.1 Å². The molecule has 226 valence electrons. The zero-order valence-corrected chi connectivity index (χ0v) is 24.7. The van der Waals surface area contributed by atoms with Crippen LogP contribution in [0.15, 0.2) is 114 Å². The molecule has 10 nitrogen and oxygen atoms in total. The number of carbonyl (C=O) groups excluding carboxylic acids is 4. The highest BCUT2D eigenvalue weighted by Crippen LogP contribution is 2.36. The van der Waals surface area contributed by atoms with Gasteiger partial charge in [-0.3, -0.25) is 0 Å². The number of rotatable bonds is 12. The Bertz CT molecular complexity index is 1670. The Hall–Kier alpha value is -5.90. The van der Waals surface area contributed by atoms with E-state index in [1.54, 1.807) is 24.3 Å². The van der Waals surface area contributed by atoms with Crippen molar-refractivity contribution in [3.8, 4) is 45.6 Å². The number of hydrogen-bond donors (Lipinski definition) is 0. The highest BCUT2D eigenvalue weighted by molar-refractivity contribution is 5.91. The van der Waals surface area contributed by atoms with Gasteiger partial charge in [0.05, 0.1) is 0 Å². The maximum absolute atomic E-state index is 12.2. The molecular weight excluding hydrogens is 568 g/mol. The largest absolute Gasteiger partial charge is 0.462 e. The van der Waals surface area contributed by atoms with Crippen LogP contribution in [0.25, 0.3) is 22.6 Å². The third kappa shape index (κ3) is 9.05. The highest BCUT2D eigenvalue weighted by Gasteiger charge is 2.17. The van der Waals surface area contributed by atoms with Crippen molar-refractivity contribution >= 4 is 23.9 Å². The molecule has 0 amide bonds. The van der Waals surface area contributed by atoms with Gasteiger partial charge in [0, 0.05) is 45.6 Å². The molecule has 0 bridgehead atoms. The lowest BCUT2D eigenvalue weighted by Gasteiger charge is -2.10. The first kappa shape index (κ1) is 32.6. The lowest BCUT2D eigenvalue weighted by Crippen LogP contribution is -2.10. The Morgan fingerprint density at radius 1 is 0.545 bits per heavy atom. The van der Waals surface area contributed by atoms with Gasteiger partial charge in [-0.15, -0.1) is 0 Å². The summed E-state index contributed by atoms with van der Waals surface area (Å²) in [5.41, 5.74) is 1.59. The fraction of sp³-hybridized carbons (Fsp3) is 0.118. The molecule has 0 saturated carbocycles. The lowest BCUT2D eigenvalue weighted by atomic mass is 10.1. The maximum atomic E-state index is 12.2. The average Bonchev–Trinajstić information content (AvgIpc) is 3.45. The van der Waals surface area contributed by atoms with Gasteiger partial charge in [-0.05, 0) is 64.1 Å². The Labute approximate surface area is 254 Å². The molecular formula is C34H30O10. The zero-order valence-electron chi connectivity index (χ0n) is 24.7. The summed E-state index contributed by atoms with van der Waals surface area (Å²) in [6.07, 6.45) is 2.17. The number of ether oxygens (including phenoxy) is 5. The smallest absolute Gasteiger partial charge is 0.338 e. The molecule has 0 unspecified atom stereocenters. The van der Waals surface area contributed by atoms with Crippen molar-refractivity contribution in [1.82, 2.24) is 0 Å². The molecule has 10 heteroatoms. The first-order valence-corrected chi connectivity index (χ1v) is 13.0. The normalized spacial score (nSPS) is 10.5. The molecule has 1 heterocycles. The second-order valence-corrected chi connectivity index (χ2v) is 9.64. The van der Waals surface area contributed by atoms with Crippen LogP contribution >= 0.6 is 0 Å². The molecule has 0 spiro atoms. The molecule has 1 aromatic heterocycles. The zero-order chi connectivity index (χ0) is 32.6. The van der Waals surface area contributed by atoms with Gasteiger partial charge >= 0.3 is 23.9 Å². The van der Waals surface area contributed by atoms with Gasteiger partial charge in [0.15, 0.2) is 0 Å². The summed E-state index contributed by atoms with van der Waals surface area (Å²) in [4.78, 5) is 48.2. The van der Waals surface area contributed by atoms with Crippen molar-refractivity contribution in [2.24, 2.45) is 0 Å². The van der Waals surface area contributed by atoms with E-state index in [1.165, 1.54) is 52.0 Å². The third-order valence-electron chi connectivity index (χ3n) is 5.40. The number of esters is 4. The fourth-order valence-corrected chi connectivity index (χ4v) is 3.20. The topological polar surface area (TPSA) is 128 Å². The van der Waals surface area contributed by atoms with E-state index in [2.05, 4.69) is 26.3 Å². The highest BCUT2D eigenvalue weighted by atomic mass is 16.6. The summed E-state index contributed by atoms with van der Waals surface area (Å²) in [5, 5.41) is 0. The van der Waals surface area contributed by atoms with Crippen LogP contribution in [0.2, 0.25) is 0 Å². The second kappa shape index (κ2) is 14.3. The van der Waals surface area contributed by atoms with Crippen LogP contribution in [-0.2, 0) is 23.9 Å². The Morgan fingerprint density at radius 3 is 1.30 bits per heavy atom. The molecule has 0 N–H and O–H groups in total. The number of carbonyl (C=O) groups is 4. The SMILES string of the molecule is C=C(C)C(=O)O/C=C\Oc1cc(OC(=O)C(=C)C)cc(-c2ccc(-c3cc(OC(=O)C(=C)C)cc(OC(=O)C(=C)C)c3)o2)c1. The van der Waals surface area contributed by atoms with Gasteiger partial charge in [0.2, 0.25) is 0 Å². The van der Waals surface area contributed by atoms with Gasteiger partial charge in [-0.2, -0.15) is 0 Å². The minimum absolute atomic E-state index is 0.0847. The maximum Gasteiger partial charge on any atom is 0.338 e. The van der Waals surface area contributed by atoms with Crippen LogP contribution in [0.3, 0.4) is 0 Å². The molecule has 3 aromatic rings. The van der Waals surface area contributed by atoms with Crippen LogP contribution in [0.1, 0.15) is 27.7 Å². The molecule has 0 atom stereocenters. The summed E-state index contributed by atoms with van der Waals surface area (Å²) in [7, 11) is 0. The van der Waals surface area contributed by atoms with Gasteiger partial charge in [-0.1, -0.05) is 26.3 Å². The minimum atomic E-state index is -0.670. The summed E-state index contributed by atoms with van der Waals surface area (Å²) < 4.78 is 32.7. The molecule has 2 aromatic carbocycles. The van der Waals surface area contributed by atoms with Crippen LogP contribution in [0, 0.1) is 0 Å². The first-order valence-electron chi connectivity index (χ1n) is 13.0. The van der Waals surface area contributed by atoms with E-state index in [4.69, 9.17) is 28.1 Å². The number of benzene rings is 2. The summed E-state index contributed by atoms with van der Waals surface area (Å²) in [6.45, 7) is 20.2. The van der Waals surface area contributed by atoms with Crippen LogP contribution in [0.5, 0.6) is 23.0 Å². The van der Waals surface area contributed by atoms with Crippen molar-refractivity contribution in [3.63, 3.8) is 0 Å². The molecule has 0 saturated heterocycles. The molecule has 0 aliphatic heterocycles. The van der Waals surface area contributed by atoms with E-state index in [0.717, 1.165) is 12.5 Å². The Morgan fingerprint density at radius 2 is 0.909 bits per heavy atom. The van der Waals surface area contributed by atoms with E-state index < -0.39 is 23.9 Å².